The molecule has 2 N–H and O–H groups in total. The molecule has 3 amide bonds. The number of halogens is 2. The average molecular weight is 362 g/mol. The van der Waals surface area contributed by atoms with Gasteiger partial charge in [0, 0.05) is 22.9 Å². The Balaban J connectivity index is 1.61. The predicted molar refractivity (Wildman–Crippen MR) is 95.5 cm³/mol. The van der Waals surface area contributed by atoms with Crippen LogP contribution in [0.4, 0.5) is 20.6 Å². The number of carbonyl (C=O) groups excluding carboxylic acids is 2. The second-order valence-corrected chi connectivity index (χ2v) is 6.28. The maximum atomic E-state index is 13.0. The molecule has 25 heavy (non-hydrogen) atoms. The summed E-state index contributed by atoms with van der Waals surface area (Å²) in [4.78, 5) is 26.1. The molecule has 7 heteroatoms. The van der Waals surface area contributed by atoms with Crippen LogP contribution < -0.4 is 15.5 Å². The lowest BCUT2D eigenvalue weighted by molar-refractivity contribution is -0.118. The number of anilines is 2. The molecule has 0 aromatic heterocycles. The van der Waals surface area contributed by atoms with Crippen LogP contribution >= 0.6 is 11.6 Å². The van der Waals surface area contributed by atoms with Crippen molar-refractivity contribution in [3.05, 3.63) is 58.9 Å². The van der Waals surface area contributed by atoms with E-state index < -0.39 is 12.1 Å². The quantitative estimate of drug-likeness (QED) is 0.875. The van der Waals surface area contributed by atoms with Crippen molar-refractivity contribution in [3.63, 3.8) is 0 Å². The molecule has 0 bridgehead atoms. The predicted octanol–water partition coefficient (Wildman–Crippen LogP) is 3.71. The van der Waals surface area contributed by atoms with Gasteiger partial charge in [0.1, 0.15) is 11.9 Å². The van der Waals surface area contributed by atoms with Crippen LogP contribution in [0, 0.1) is 12.7 Å². The van der Waals surface area contributed by atoms with Gasteiger partial charge in [0.05, 0.1) is 0 Å². The zero-order valence-electron chi connectivity index (χ0n) is 13.6. The van der Waals surface area contributed by atoms with Crippen molar-refractivity contribution >= 4 is 34.9 Å². The number of amides is 3. The van der Waals surface area contributed by atoms with Crippen LogP contribution in [-0.4, -0.2) is 24.5 Å². The van der Waals surface area contributed by atoms with Crippen LogP contribution in [0.15, 0.2) is 42.5 Å². The minimum Gasteiger partial charge on any atom is -0.326 e. The van der Waals surface area contributed by atoms with Gasteiger partial charge in [0.25, 0.3) is 0 Å². The van der Waals surface area contributed by atoms with Crippen LogP contribution in [-0.2, 0) is 4.79 Å². The molecule has 130 valence electrons. The summed E-state index contributed by atoms with van der Waals surface area (Å²) in [5.74, 6) is -0.579. The van der Waals surface area contributed by atoms with Gasteiger partial charge in [-0.15, -0.1) is 0 Å². The number of carbonyl (C=O) groups is 2. The van der Waals surface area contributed by atoms with Crippen molar-refractivity contribution in [2.75, 3.05) is 16.8 Å². The highest BCUT2D eigenvalue weighted by atomic mass is 35.5. The molecule has 2 aromatic rings. The van der Waals surface area contributed by atoms with Crippen molar-refractivity contribution in [1.82, 2.24) is 5.32 Å². The Morgan fingerprint density at radius 3 is 2.64 bits per heavy atom. The zero-order valence-corrected chi connectivity index (χ0v) is 14.3. The second kappa shape index (κ2) is 7.11. The zero-order chi connectivity index (χ0) is 18.0. The third kappa shape index (κ3) is 3.91. The molecule has 5 nitrogen and oxygen atoms in total. The molecule has 0 saturated carbocycles. The van der Waals surface area contributed by atoms with E-state index in [-0.39, 0.29) is 11.7 Å². The van der Waals surface area contributed by atoms with Gasteiger partial charge >= 0.3 is 6.03 Å². The molecule has 1 aliphatic heterocycles. The summed E-state index contributed by atoms with van der Waals surface area (Å²) >= 11 is 6.03. The molecule has 0 unspecified atom stereocenters. The molecular formula is C18H17ClFN3O2. The molecular weight excluding hydrogens is 345 g/mol. The SMILES string of the molecule is Cc1ccc(NC(=O)N[C@@H]2CCN(c3ccc(F)cc3)C2=O)cc1Cl. The van der Waals surface area contributed by atoms with E-state index in [4.69, 9.17) is 11.6 Å². The van der Waals surface area contributed by atoms with Gasteiger partial charge in [0.2, 0.25) is 5.91 Å². The first kappa shape index (κ1) is 17.2. The van der Waals surface area contributed by atoms with Crippen LogP contribution in [0.2, 0.25) is 5.02 Å². The molecule has 1 aliphatic rings. The van der Waals surface area contributed by atoms with Gasteiger partial charge in [-0.05, 0) is 55.3 Å². The van der Waals surface area contributed by atoms with Gasteiger partial charge in [-0.25, -0.2) is 9.18 Å². The van der Waals surface area contributed by atoms with Gasteiger partial charge in [-0.3, -0.25) is 4.79 Å². The highest BCUT2D eigenvalue weighted by Gasteiger charge is 2.33. The van der Waals surface area contributed by atoms with Crippen molar-refractivity contribution in [1.29, 1.82) is 0 Å². The normalized spacial score (nSPS) is 16.8. The Morgan fingerprint density at radius 1 is 1.24 bits per heavy atom. The van der Waals surface area contributed by atoms with Crippen molar-refractivity contribution in [2.45, 2.75) is 19.4 Å². The summed E-state index contributed by atoms with van der Waals surface area (Å²) < 4.78 is 13.0. The fraction of sp³-hybridized carbons (Fsp3) is 0.222. The number of nitrogens with zero attached hydrogens (tertiary/aromatic N) is 1. The largest absolute Gasteiger partial charge is 0.326 e. The van der Waals surface area contributed by atoms with E-state index >= 15 is 0 Å². The van der Waals surface area contributed by atoms with Crippen molar-refractivity contribution < 1.29 is 14.0 Å². The third-order valence-electron chi connectivity index (χ3n) is 4.08. The second-order valence-electron chi connectivity index (χ2n) is 5.87. The Hall–Kier alpha value is -2.60. The minimum absolute atomic E-state index is 0.219. The number of hydrogen-bond donors (Lipinski definition) is 2. The summed E-state index contributed by atoms with van der Waals surface area (Å²) in [6, 6.07) is 9.79. The van der Waals surface area contributed by atoms with E-state index in [0.29, 0.717) is 29.4 Å². The molecule has 1 fully saturated rings. The van der Waals surface area contributed by atoms with E-state index in [0.717, 1.165) is 5.56 Å². The lowest BCUT2D eigenvalue weighted by Crippen LogP contribution is -2.43. The molecule has 1 heterocycles. The number of aryl methyl sites for hydroxylation is 1. The number of urea groups is 1. The van der Waals surface area contributed by atoms with Gasteiger partial charge in [-0.2, -0.15) is 0 Å². The Kier molecular flexibility index (Phi) is 4.90. The molecule has 0 spiro atoms. The summed E-state index contributed by atoms with van der Waals surface area (Å²) in [5.41, 5.74) is 2.07. The first-order valence-electron chi connectivity index (χ1n) is 7.84. The first-order valence-corrected chi connectivity index (χ1v) is 8.22. The lowest BCUT2D eigenvalue weighted by atomic mass is 10.2. The third-order valence-corrected chi connectivity index (χ3v) is 4.49. The molecule has 1 saturated heterocycles. The first-order chi connectivity index (χ1) is 11.9. The monoisotopic (exact) mass is 361 g/mol. The van der Waals surface area contributed by atoms with Crippen LogP contribution in [0.25, 0.3) is 0 Å². The molecule has 1 atom stereocenters. The lowest BCUT2D eigenvalue weighted by Gasteiger charge is -2.17. The van der Waals surface area contributed by atoms with Crippen molar-refractivity contribution in [3.8, 4) is 0 Å². The van der Waals surface area contributed by atoms with Crippen LogP contribution in [0.1, 0.15) is 12.0 Å². The maximum absolute atomic E-state index is 13.0. The number of rotatable bonds is 3. The minimum atomic E-state index is -0.619. The molecule has 0 radical (unpaired) electrons. The topological polar surface area (TPSA) is 61.4 Å². The fourth-order valence-electron chi connectivity index (χ4n) is 2.69. The van der Waals surface area contributed by atoms with E-state index in [1.165, 1.54) is 17.0 Å². The smallest absolute Gasteiger partial charge is 0.319 e. The van der Waals surface area contributed by atoms with Crippen molar-refractivity contribution in [2.24, 2.45) is 0 Å². The van der Waals surface area contributed by atoms with Crippen LogP contribution in [0.3, 0.4) is 0 Å². The molecule has 2 aromatic carbocycles. The van der Waals surface area contributed by atoms with Gasteiger partial charge < -0.3 is 15.5 Å². The summed E-state index contributed by atoms with van der Waals surface area (Å²) in [6.45, 7) is 2.33. The van der Waals surface area contributed by atoms with Gasteiger partial charge in [-0.1, -0.05) is 17.7 Å². The summed E-state index contributed by atoms with van der Waals surface area (Å²) in [7, 11) is 0. The fourth-order valence-corrected chi connectivity index (χ4v) is 2.87. The standard InChI is InChI=1S/C18H17ClFN3O2/c1-11-2-5-13(10-15(11)19)21-18(25)22-16-8-9-23(17(16)24)14-6-3-12(20)4-7-14/h2-7,10,16H,8-9H2,1H3,(H2,21,22,25)/t16-/m1/s1. The van der Waals surface area contributed by atoms with Gasteiger partial charge in [0.15, 0.2) is 0 Å². The molecule has 3 rings (SSSR count). The maximum Gasteiger partial charge on any atom is 0.319 e. The molecule has 0 aliphatic carbocycles. The van der Waals surface area contributed by atoms with E-state index in [2.05, 4.69) is 10.6 Å². The summed E-state index contributed by atoms with van der Waals surface area (Å²) in [6.07, 6.45) is 0.484. The highest BCUT2D eigenvalue weighted by molar-refractivity contribution is 6.31. The Labute approximate surface area is 149 Å². The number of benzene rings is 2. The van der Waals surface area contributed by atoms with E-state index in [1.54, 1.807) is 30.3 Å². The number of nitrogens with one attached hydrogen (secondary N) is 2. The van der Waals surface area contributed by atoms with E-state index in [9.17, 15) is 14.0 Å². The Bertz CT molecular complexity index is 810. The van der Waals surface area contributed by atoms with Crippen LogP contribution in [0.5, 0.6) is 0 Å². The Morgan fingerprint density at radius 2 is 1.96 bits per heavy atom. The summed E-state index contributed by atoms with van der Waals surface area (Å²) in [5, 5.41) is 5.88. The average Bonchev–Trinajstić information content (AvgIpc) is 2.93. The highest BCUT2D eigenvalue weighted by Crippen LogP contribution is 2.22. The number of hydrogen-bond acceptors (Lipinski definition) is 2. The van der Waals surface area contributed by atoms with E-state index in [1.807, 2.05) is 6.92 Å².